The second-order valence-electron chi connectivity index (χ2n) is 5.87. The molecule has 3 heterocycles. The van der Waals surface area contributed by atoms with Gasteiger partial charge in [0, 0.05) is 25.2 Å². The Hall–Kier alpha value is -2.58. The molecule has 0 unspecified atom stereocenters. The van der Waals surface area contributed by atoms with E-state index in [1.807, 2.05) is 0 Å². The third-order valence-electron chi connectivity index (χ3n) is 4.01. The molecule has 1 amide bonds. The normalized spacial score (nSPS) is 16.1. The summed E-state index contributed by atoms with van der Waals surface area (Å²) < 4.78 is 43.7. The van der Waals surface area contributed by atoms with Gasteiger partial charge >= 0.3 is 6.18 Å². The van der Waals surface area contributed by atoms with Gasteiger partial charge in [0.2, 0.25) is 0 Å². The van der Waals surface area contributed by atoms with Crippen LogP contribution in [0.2, 0.25) is 0 Å². The SMILES string of the molecule is Cc1nc(N2CCC(NC(=O)c3ccco3)CC2)cc(C(F)(F)F)n1. The van der Waals surface area contributed by atoms with E-state index < -0.39 is 11.9 Å². The highest BCUT2D eigenvalue weighted by Gasteiger charge is 2.34. The number of furan rings is 1. The van der Waals surface area contributed by atoms with Crippen LogP contribution in [0.25, 0.3) is 0 Å². The Morgan fingerprint density at radius 3 is 2.64 bits per heavy atom. The maximum atomic E-state index is 12.9. The lowest BCUT2D eigenvalue weighted by Gasteiger charge is -2.33. The average Bonchev–Trinajstić information content (AvgIpc) is 3.09. The number of amides is 1. The van der Waals surface area contributed by atoms with E-state index in [0.717, 1.165) is 6.07 Å². The number of halogens is 3. The summed E-state index contributed by atoms with van der Waals surface area (Å²) in [5, 5.41) is 2.87. The van der Waals surface area contributed by atoms with Gasteiger partial charge in [-0.25, -0.2) is 9.97 Å². The molecule has 0 aliphatic carbocycles. The summed E-state index contributed by atoms with van der Waals surface area (Å²) in [6.07, 6.45) is -1.86. The summed E-state index contributed by atoms with van der Waals surface area (Å²) in [5.41, 5.74) is -0.941. The first-order chi connectivity index (χ1) is 11.8. The summed E-state index contributed by atoms with van der Waals surface area (Å²) in [7, 11) is 0. The molecule has 134 valence electrons. The van der Waals surface area contributed by atoms with Crippen molar-refractivity contribution in [1.82, 2.24) is 15.3 Å². The van der Waals surface area contributed by atoms with Gasteiger partial charge < -0.3 is 14.6 Å². The highest BCUT2D eigenvalue weighted by atomic mass is 19.4. The zero-order chi connectivity index (χ0) is 18.0. The molecule has 0 bridgehead atoms. The summed E-state index contributed by atoms with van der Waals surface area (Å²) in [6, 6.07) is 4.12. The smallest absolute Gasteiger partial charge is 0.433 e. The molecule has 1 saturated heterocycles. The first kappa shape index (κ1) is 17.2. The monoisotopic (exact) mass is 354 g/mol. The number of nitrogens with one attached hydrogen (secondary N) is 1. The number of carbonyl (C=O) groups is 1. The van der Waals surface area contributed by atoms with Crippen LogP contribution in [0, 0.1) is 6.92 Å². The van der Waals surface area contributed by atoms with Gasteiger partial charge in [0.15, 0.2) is 5.76 Å². The highest BCUT2D eigenvalue weighted by Crippen LogP contribution is 2.30. The summed E-state index contributed by atoms with van der Waals surface area (Å²) in [4.78, 5) is 21.3. The molecule has 6 nitrogen and oxygen atoms in total. The van der Waals surface area contributed by atoms with Crippen molar-refractivity contribution >= 4 is 11.7 Å². The molecule has 1 aliphatic rings. The van der Waals surface area contributed by atoms with Gasteiger partial charge in [-0.05, 0) is 31.9 Å². The zero-order valence-corrected chi connectivity index (χ0v) is 13.5. The molecule has 1 aliphatic heterocycles. The van der Waals surface area contributed by atoms with E-state index in [9.17, 15) is 18.0 Å². The van der Waals surface area contributed by atoms with Gasteiger partial charge in [-0.1, -0.05) is 0 Å². The van der Waals surface area contributed by atoms with Crippen molar-refractivity contribution in [2.75, 3.05) is 18.0 Å². The average molecular weight is 354 g/mol. The number of anilines is 1. The Kier molecular flexibility index (Phi) is 4.65. The number of aryl methyl sites for hydroxylation is 1. The van der Waals surface area contributed by atoms with Crippen LogP contribution in [0.3, 0.4) is 0 Å². The Bertz CT molecular complexity index is 738. The molecule has 2 aromatic heterocycles. The third-order valence-corrected chi connectivity index (χ3v) is 4.01. The predicted molar refractivity (Wildman–Crippen MR) is 83.2 cm³/mol. The largest absolute Gasteiger partial charge is 0.459 e. The minimum atomic E-state index is -4.50. The number of alkyl halides is 3. The van der Waals surface area contributed by atoms with Crippen LogP contribution in [0.1, 0.15) is 34.9 Å². The van der Waals surface area contributed by atoms with Crippen molar-refractivity contribution in [1.29, 1.82) is 0 Å². The van der Waals surface area contributed by atoms with Crippen LogP contribution in [-0.2, 0) is 6.18 Å². The lowest BCUT2D eigenvalue weighted by atomic mass is 10.0. The van der Waals surface area contributed by atoms with Crippen molar-refractivity contribution in [3.63, 3.8) is 0 Å². The number of hydrogen-bond donors (Lipinski definition) is 1. The van der Waals surface area contributed by atoms with E-state index >= 15 is 0 Å². The maximum absolute atomic E-state index is 12.9. The van der Waals surface area contributed by atoms with E-state index in [1.54, 1.807) is 17.0 Å². The van der Waals surface area contributed by atoms with Crippen LogP contribution in [0.5, 0.6) is 0 Å². The van der Waals surface area contributed by atoms with Crippen molar-refractivity contribution in [2.45, 2.75) is 32.0 Å². The summed E-state index contributed by atoms with van der Waals surface area (Å²) >= 11 is 0. The van der Waals surface area contributed by atoms with Gasteiger partial charge in [-0.2, -0.15) is 13.2 Å². The van der Waals surface area contributed by atoms with Crippen molar-refractivity contribution in [3.05, 3.63) is 41.7 Å². The Balaban J connectivity index is 1.62. The van der Waals surface area contributed by atoms with Crippen LogP contribution in [-0.4, -0.2) is 35.0 Å². The lowest BCUT2D eigenvalue weighted by molar-refractivity contribution is -0.141. The summed E-state index contributed by atoms with van der Waals surface area (Å²) in [6.45, 7) is 2.43. The van der Waals surface area contributed by atoms with Crippen LogP contribution in [0.4, 0.5) is 19.0 Å². The Morgan fingerprint density at radius 1 is 1.32 bits per heavy atom. The maximum Gasteiger partial charge on any atom is 0.433 e. The van der Waals surface area contributed by atoms with E-state index in [1.165, 1.54) is 13.2 Å². The number of carbonyl (C=O) groups excluding carboxylic acids is 1. The third kappa shape index (κ3) is 4.09. The molecule has 1 N–H and O–H groups in total. The molecule has 3 rings (SSSR count). The van der Waals surface area contributed by atoms with Gasteiger partial charge in [-0.15, -0.1) is 0 Å². The molecule has 0 saturated carbocycles. The lowest BCUT2D eigenvalue weighted by Crippen LogP contribution is -2.45. The number of piperidine rings is 1. The minimum absolute atomic E-state index is 0.0566. The van der Waals surface area contributed by atoms with Gasteiger partial charge in [-0.3, -0.25) is 4.79 Å². The standard InChI is InChI=1S/C16H17F3N4O2/c1-10-20-13(16(17,18)19)9-14(21-10)23-6-4-11(5-7-23)22-15(24)12-3-2-8-25-12/h2-3,8-9,11H,4-7H2,1H3,(H,22,24). The van der Waals surface area contributed by atoms with Crippen LogP contribution in [0.15, 0.2) is 28.9 Å². The van der Waals surface area contributed by atoms with Gasteiger partial charge in [0.05, 0.1) is 6.26 Å². The zero-order valence-electron chi connectivity index (χ0n) is 13.5. The fourth-order valence-corrected chi connectivity index (χ4v) is 2.78. The summed E-state index contributed by atoms with van der Waals surface area (Å²) in [5.74, 6) is 0.290. The Labute approximate surface area is 142 Å². The van der Waals surface area contributed by atoms with Crippen molar-refractivity contribution in [2.24, 2.45) is 0 Å². The Morgan fingerprint density at radius 2 is 2.04 bits per heavy atom. The molecular weight excluding hydrogens is 337 g/mol. The minimum Gasteiger partial charge on any atom is -0.459 e. The van der Waals surface area contributed by atoms with Crippen LogP contribution < -0.4 is 10.2 Å². The molecule has 9 heteroatoms. The fourth-order valence-electron chi connectivity index (χ4n) is 2.78. The van der Waals surface area contributed by atoms with E-state index in [4.69, 9.17) is 4.42 Å². The van der Waals surface area contributed by atoms with E-state index in [0.29, 0.717) is 25.9 Å². The van der Waals surface area contributed by atoms with Crippen LogP contribution >= 0.6 is 0 Å². The van der Waals surface area contributed by atoms with Crippen molar-refractivity contribution < 1.29 is 22.4 Å². The molecule has 1 fully saturated rings. The molecule has 0 aromatic carbocycles. The van der Waals surface area contributed by atoms with E-state index in [2.05, 4.69) is 15.3 Å². The number of aromatic nitrogens is 2. The number of hydrogen-bond acceptors (Lipinski definition) is 5. The number of rotatable bonds is 3. The van der Waals surface area contributed by atoms with Gasteiger partial charge in [0.25, 0.3) is 5.91 Å². The molecule has 0 radical (unpaired) electrons. The highest BCUT2D eigenvalue weighted by molar-refractivity contribution is 5.91. The first-order valence-corrected chi connectivity index (χ1v) is 7.85. The molecule has 0 spiro atoms. The second-order valence-corrected chi connectivity index (χ2v) is 5.87. The second kappa shape index (κ2) is 6.73. The molecule has 0 atom stereocenters. The fraction of sp³-hybridized carbons (Fsp3) is 0.438. The topological polar surface area (TPSA) is 71.3 Å². The van der Waals surface area contributed by atoms with E-state index in [-0.39, 0.29) is 29.4 Å². The van der Waals surface area contributed by atoms with Gasteiger partial charge in [0.1, 0.15) is 17.3 Å². The quantitative estimate of drug-likeness (QED) is 0.918. The molecule has 25 heavy (non-hydrogen) atoms. The first-order valence-electron chi connectivity index (χ1n) is 7.85. The predicted octanol–water partition coefficient (Wildman–Crippen LogP) is 2.80. The molecular formula is C16H17F3N4O2. The number of nitrogens with zero attached hydrogens (tertiary/aromatic N) is 3. The van der Waals surface area contributed by atoms with Crippen molar-refractivity contribution in [3.8, 4) is 0 Å². The molecule has 2 aromatic rings.